The first kappa shape index (κ1) is 36.9. The van der Waals surface area contributed by atoms with Gasteiger partial charge in [-0.25, -0.2) is 0 Å². The van der Waals surface area contributed by atoms with Crippen LogP contribution in [0.25, 0.3) is 0 Å². The van der Waals surface area contributed by atoms with Gasteiger partial charge in [0.05, 0.1) is 25.9 Å². The lowest BCUT2D eigenvalue weighted by molar-refractivity contribution is 0.0480. The van der Waals surface area contributed by atoms with E-state index in [0.29, 0.717) is 13.2 Å². The first-order valence-electron chi connectivity index (χ1n) is 17.4. The van der Waals surface area contributed by atoms with Crippen LogP contribution in [0, 0.1) is 0 Å². The summed E-state index contributed by atoms with van der Waals surface area (Å²) in [6, 6.07) is 21.4. The van der Waals surface area contributed by atoms with E-state index in [2.05, 4.69) is 72.9 Å². The number of benzene rings is 2. The van der Waals surface area contributed by atoms with Gasteiger partial charge in [0.25, 0.3) is 0 Å². The zero-order valence-electron chi connectivity index (χ0n) is 27.0. The van der Waals surface area contributed by atoms with E-state index in [1.54, 1.807) is 0 Å². The van der Waals surface area contributed by atoms with Gasteiger partial charge in [0.2, 0.25) is 0 Å². The van der Waals surface area contributed by atoms with Gasteiger partial charge in [0.1, 0.15) is 0 Å². The summed E-state index contributed by atoms with van der Waals surface area (Å²) < 4.78 is 12.2. The molecule has 1 unspecified atom stereocenters. The van der Waals surface area contributed by atoms with Crippen molar-refractivity contribution >= 4 is 11.8 Å². The molecule has 0 amide bonds. The first-order chi connectivity index (χ1) is 20.9. The monoisotopic (exact) mass is 597 g/mol. The molecule has 3 nitrogen and oxygen atoms in total. The summed E-state index contributed by atoms with van der Waals surface area (Å²) in [7, 11) is 0. The Hall–Kier alpha value is -1.33. The average molecular weight is 598 g/mol. The highest BCUT2D eigenvalue weighted by Gasteiger charge is 2.09. The average Bonchev–Trinajstić information content (AvgIpc) is 3.02. The second-order valence-electron chi connectivity index (χ2n) is 11.9. The minimum absolute atomic E-state index is 0.244. The summed E-state index contributed by atoms with van der Waals surface area (Å²) in [6.07, 6.45) is 23.6. The lowest BCUT2D eigenvalue weighted by Crippen LogP contribution is -2.38. The third kappa shape index (κ3) is 22.2. The summed E-state index contributed by atoms with van der Waals surface area (Å²) in [4.78, 5) is 0. The summed E-state index contributed by atoms with van der Waals surface area (Å²) in [5.41, 5.74) is 2.63. The Balaban J connectivity index is 1.44. The maximum Gasteiger partial charge on any atom is 0.0717 e. The molecule has 0 aliphatic carbocycles. The molecule has 0 bridgehead atoms. The zero-order chi connectivity index (χ0) is 29.6. The summed E-state index contributed by atoms with van der Waals surface area (Å²) in [5.74, 6) is 2.26. The van der Waals surface area contributed by atoms with Gasteiger partial charge in [-0.15, -0.1) is 0 Å². The lowest BCUT2D eigenvalue weighted by atomic mass is 10.0. The molecule has 0 aliphatic rings. The molecule has 0 spiro atoms. The number of ether oxygens (including phenoxy) is 2. The fourth-order valence-electron chi connectivity index (χ4n) is 5.28. The Bertz CT molecular complexity index is 803. The molecular formula is C38H63NO2S. The van der Waals surface area contributed by atoms with Crippen molar-refractivity contribution in [1.82, 2.24) is 5.32 Å². The fourth-order valence-corrected chi connectivity index (χ4v) is 6.20. The summed E-state index contributed by atoms with van der Waals surface area (Å²) in [5, 5.41) is 3.70. The zero-order valence-corrected chi connectivity index (χ0v) is 27.9. The van der Waals surface area contributed by atoms with Crippen LogP contribution >= 0.6 is 11.8 Å². The molecule has 238 valence electrons. The topological polar surface area (TPSA) is 30.5 Å². The SMILES string of the molecule is CCCCCCCCCCCCCCCCCCOCC(COCc1ccccc1)NCCCSCc1ccccc1. The van der Waals surface area contributed by atoms with Crippen molar-refractivity contribution in [3.63, 3.8) is 0 Å². The number of rotatable bonds is 30. The number of nitrogens with one attached hydrogen (secondary N) is 1. The Morgan fingerprint density at radius 1 is 0.571 bits per heavy atom. The van der Waals surface area contributed by atoms with E-state index in [0.717, 1.165) is 31.9 Å². The second-order valence-corrected chi connectivity index (χ2v) is 13.0. The van der Waals surface area contributed by atoms with Crippen LogP contribution in [0.4, 0.5) is 0 Å². The van der Waals surface area contributed by atoms with E-state index in [4.69, 9.17) is 9.47 Å². The van der Waals surface area contributed by atoms with Gasteiger partial charge in [-0.1, -0.05) is 164 Å². The van der Waals surface area contributed by atoms with Crippen LogP contribution in [0.3, 0.4) is 0 Å². The van der Waals surface area contributed by atoms with Crippen LogP contribution in [0.2, 0.25) is 0 Å². The van der Waals surface area contributed by atoms with Crippen molar-refractivity contribution in [3.05, 3.63) is 71.8 Å². The standard InChI is InChI=1S/C38H63NO2S/c1-2-3-4-5-6-7-8-9-10-11-12-13-14-15-16-23-30-40-33-38(34-41-32-36-25-19-17-20-26-36)39-29-24-31-42-35-37-27-21-18-22-28-37/h17-22,25-28,38-39H,2-16,23-24,29-35H2,1H3. The molecule has 0 aromatic heterocycles. The van der Waals surface area contributed by atoms with E-state index >= 15 is 0 Å². The second kappa shape index (κ2) is 28.4. The Morgan fingerprint density at radius 3 is 1.64 bits per heavy atom. The molecule has 0 saturated heterocycles. The number of unbranched alkanes of at least 4 members (excludes halogenated alkanes) is 15. The maximum atomic E-state index is 6.11. The van der Waals surface area contributed by atoms with Crippen molar-refractivity contribution < 1.29 is 9.47 Å². The van der Waals surface area contributed by atoms with Gasteiger partial charge in [0, 0.05) is 12.4 Å². The highest BCUT2D eigenvalue weighted by atomic mass is 32.2. The third-order valence-electron chi connectivity index (χ3n) is 7.90. The molecule has 4 heteroatoms. The Labute approximate surface area is 264 Å². The van der Waals surface area contributed by atoms with Crippen molar-refractivity contribution in [2.45, 2.75) is 134 Å². The maximum absolute atomic E-state index is 6.11. The molecule has 0 radical (unpaired) electrons. The van der Waals surface area contributed by atoms with Crippen LogP contribution in [0.1, 0.15) is 127 Å². The summed E-state index contributed by atoms with van der Waals surface area (Å²) in [6.45, 7) is 6.23. The molecule has 2 aromatic rings. The molecule has 0 fully saturated rings. The normalized spacial score (nSPS) is 12.1. The minimum Gasteiger partial charge on any atom is -0.380 e. The van der Waals surface area contributed by atoms with Crippen molar-refractivity contribution in [2.75, 3.05) is 32.1 Å². The van der Waals surface area contributed by atoms with E-state index < -0.39 is 0 Å². The largest absolute Gasteiger partial charge is 0.380 e. The molecule has 1 N–H and O–H groups in total. The quantitative estimate of drug-likeness (QED) is 0.0907. The minimum atomic E-state index is 0.244. The van der Waals surface area contributed by atoms with E-state index in [9.17, 15) is 0 Å². The lowest BCUT2D eigenvalue weighted by Gasteiger charge is -2.19. The molecule has 0 heterocycles. The van der Waals surface area contributed by atoms with Crippen LogP contribution in [-0.4, -0.2) is 38.2 Å². The molecule has 2 rings (SSSR count). The van der Waals surface area contributed by atoms with Crippen LogP contribution in [-0.2, 0) is 21.8 Å². The van der Waals surface area contributed by atoms with Crippen molar-refractivity contribution in [2.24, 2.45) is 0 Å². The highest BCUT2D eigenvalue weighted by Crippen LogP contribution is 2.14. The number of thioether (sulfide) groups is 1. The number of hydrogen-bond donors (Lipinski definition) is 1. The van der Waals surface area contributed by atoms with Crippen molar-refractivity contribution in [1.29, 1.82) is 0 Å². The van der Waals surface area contributed by atoms with Crippen LogP contribution in [0.15, 0.2) is 60.7 Å². The van der Waals surface area contributed by atoms with Crippen LogP contribution in [0.5, 0.6) is 0 Å². The molecule has 2 aromatic carbocycles. The molecule has 42 heavy (non-hydrogen) atoms. The fraction of sp³-hybridized carbons (Fsp3) is 0.684. The molecule has 1 atom stereocenters. The smallest absolute Gasteiger partial charge is 0.0717 e. The Morgan fingerprint density at radius 2 is 1.07 bits per heavy atom. The van der Waals surface area contributed by atoms with E-state index in [1.807, 2.05) is 11.8 Å². The first-order valence-corrected chi connectivity index (χ1v) is 18.6. The predicted molar refractivity (Wildman–Crippen MR) is 185 cm³/mol. The van der Waals surface area contributed by atoms with E-state index in [-0.39, 0.29) is 6.04 Å². The molecule has 0 saturated carbocycles. The van der Waals surface area contributed by atoms with Gasteiger partial charge in [-0.3, -0.25) is 0 Å². The van der Waals surface area contributed by atoms with Gasteiger partial charge in [0.15, 0.2) is 0 Å². The number of hydrogen-bond acceptors (Lipinski definition) is 4. The Kier molecular flexibility index (Phi) is 25.0. The van der Waals surface area contributed by atoms with Gasteiger partial charge in [-0.05, 0) is 36.3 Å². The van der Waals surface area contributed by atoms with Gasteiger partial charge < -0.3 is 14.8 Å². The van der Waals surface area contributed by atoms with Crippen LogP contribution < -0.4 is 5.32 Å². The molecular weight excluding hydrogens is 534 g/mol. The third-order valence-corrected chi connectivity index (χ3v) is 9.02. The predicted octanol–water partition coefficient (Wildman–Crippen LogP) is 10.8. The summed E-state index contributed by atoms with van der Waals surface area (Å²) >= 11 is 2.01. The van der Waals surface area contributed by atoms with Gasteiger partial charge >= 0.3 is 0 Å². The van der Waals surface area contributed by atoms with Crippen molar-refractivity contribution in [3.8, 4) is 0 Å². The van der Waals surface area contributed by atoms with Gasteiger partial charge in [-0.2, -0.15) is 11.8 Å². The van der Waals surface area contributed by atoms with E-state index in [1.165, 1.54) is 120 Å². The highest BCUT2D eigenvalue weighted by molar-refractivity contribution is 7.98. The molecule has 0 aliphatic heterocycles.